The van der Waals surface area contributed by atoms with Crippen LogP contribution in [0.4, 0.5) is 5.69 Å². The van der Waals surface area contributed by atoms with E-state index in [0.29, 0.717) is 11.6 Å². The number of sulfonamides is 1. The Bertz CT molecular complexity index is 433. The molecule has 0 amide bonds. The molecule has 0 saturated heterocycles. The maximum atomic E-state index is 11.4. The normalized spacial score (nSPS) is 11.8. The molecule has 0 aliphatic rings. The molecule has 0 spiro atoms. The van der Waals surface area contributed by atoms with Crippen LogP contribution in [-0.4, -0.2) is 14.2 Å². The molecule has 4 heteroatoms. The number of rotatable bonds is 6. The molecule has 0 saturated carbocycles. The molecule has 0 aromatic heterocycles. The molecule has 0 fully saturated rings. The molecule has 0 bridgehead atoms. The van der Waals surface area contributed by atoms with E-state index in [2.05, 4.69) is 18.6 Å². The van der Waals surface area contributed by atoms with Crippen molar-refractivity contribution in [1.29, 1.82) is 0 Å². The smallest absolute Gasteiger partial charge is 0.232 e. The van der Waals surface area contributed by atoms with Gasteiger partial charge in [-0.1, -0.05) is 26.0 Å². The first kappa shape index (κ1) is 14.0. The topological polar surface area (TPSA) is 46.2 Å². The zero-order valence-electron chi connectivity index (χ0n) is 10.7. The van der Waals surface area contributed by atoms with Crippen molar-refractivity contribution in [2.45, 2.75) is 39.5 Å². The summed E-state index contributed by atoms with van der Waals surface area (Å²) in [5, 5.41) is 0. The van der Waals surface area contributed by atoms with E-state index < -0.39 is 10.0 Å². The van der Waals surface area contributed by atoms with E-state index in [9.17, 15) is 8.42 Å². The lowest BCUT2D eigenvalue weighted by molar-refractivity contribution is 0.602. The Morgan fingerprint density at radius 2 is 1.59 bits per heavy atom. The summed E-state index contributed by atoms with van der Waals surface area (Å²) in [6.45, 7) is 5.96. The number of benzene rings is 1. The fraction of sp³-hybridized carbons (Fsp3) is 0.538. The molecule has 0 atom stereocenters. The molecule has 0 radical (unpaired) electrons. The summed E-state index contributed by atoms with van der Waals surface area (Å²) in [5.41, 5.74) is 1.91. The largest absolute Gasteiger partial charge is 0.284 e. The molecule has 1 rings (SSSR count). The zero-order chi connectivity index (χ0) is 12.9. The van der Waals surface area contributed by atoms with Gasteiger partial charge in [-0.3, -0.25) is 4.72 Å². The van der Waals surface area contributed by atoms with Crippen LogP contribution in [0.2, 0.25) is 0 Å². The van der Waals surface area contributed by atoms with Crippen LogP contribution in [0.3, 0.4) is 0 Å². The predicted octanol–water partition coefficient (Wildman–Crippen LogP) is 3.35. The molecule has 0 aliphatic heterocycles. The maximum Gasteiger partial charge on any atom is 0.232 e. The van der Waals surface area contributed by atoms with Gasteiger partial charge in [0.1, 0.15) is 0 Å². The first-order chi connectivity index (χ1) is 8.02. The Labute approximate surface area is 104 Å². The lowest BCUT2D eigenvalue weighted by Gasteiger charge is -2.13. The van der Waals surface area contributed by atoms with E-state index in [4.69, 9.17) is 0 Å². The van der Waals surface area contributed by atoms with E-state index >= 15 is 0 Å². The number of hydrogen-bond donors (Lipinski definition) is 1. The molecule has 1 aromatic rings. The van der Waals surface area contributed by atoms with Crippen molar-refractivity contribution in [1.82, 2.24) is 0 Å². The fourth-order valence-electron chi connectivity index (χ4n) is 1.84. The summed E-state index contributed by atoms with van der Waals surface area (Å²) in [7, 11) is -3.17. The van der Waals surface area contributed by atoms with Gasteiger partial charge in [-0.15, -0.1) is 0 Å². The minimum atomic E-state index is -3.17. The molecule has 3 nitrogen and oxygen atoms in total. The first-order valence-electron chi connectivity index (χ1n) is 6.12. The van der Waals surface area contributed by atoms with Crippen LogP contribution >= 0.6 is 0 Å². The quantitative estimate of drug-likeness (QED) is 0.847. The highest BCUT2D eigenvalue weighted by Crippen LogP contribution is 2.24. The fourth-order valence-corrected chi connectivity index (χ4v) is 2.47. The third-order valence-electron chi connectivity index (χ3n) is 3.02. The minimum Gasteiger partial charge on any atom is -0.284 e. The molecular weight excluding hydrogens is 234 g/mol. The van der Waals surface area contributed by atoms with Crippen LogP contribution in [0.1, 0.15) is 45.1 Å². The van der Waals surface area contributed by atoms with Crippen LogP contribution in [0, 0.1) is 0 Å². The highest BCUT2D eigenvalue weighted by atomic mass is 32.2. The van der Waals surface area contributed by atoms with E-state index in [1.54, 1.807) is 6.92 Å². The van der Waals surface area contributed by atoms with Gasteiger partial charge < -0.3 is 0 Å². The van der Waals surface area contributed by atoms with Crippen molar-refractivity contribution in [3.8, 4) is 0 Å². The van der Waals surface area contributed by atoms with Gasteiger partial charge in [0.15, 0.2) is 0 Å². The summed E-state index contributed by atoms with van der Waals surface area (Å²) < 4.78 is 25.3. The molecule has 0 heterocycles. The van der Waals surface area contributed by atoms with E-state index in [1.807, 2.05) is 24.3 Å². The molecule has 0 aliphatic carbocycles. The summed E-state index contributed by atoms with van der Waals surface area (Å²) in [4.78, 5) is 0. The summed E-state index contributed by atoms with van der Waals surface area (Å²) in [6.07, 6.45) is 2.22. The van der Waals surface area contributed by atoms with Gasteiger partial charge in [-0.05, 0) is 43.4 Å². The van der Waals surface area contributed by atoms with Crippen molar-refractivity contribution < 1.29 is 8.42 Å². The SMILES string of the molecule is CCC(CC)c1ccc(NS(=O)(=O)CC)cc1. The summed E-state index contributed by atoms with van der Waals surface area (Å²) >= 11 is 0. The summed E-state index contributed by atoms with van der Waals surface area (Å²) in [6, 6.07) is 7.68. The van der Waals surface area contributed by atoms with Crippen LogP contribution in [0.5, 0.6) is 0 Å². The molecule has 0 unspecified atom stereocenters. The third kappa shape index (κ3) is 4.04. The van der Waals surface area contributed by atoms with Crippen LogP contribution < -0.4 is 4.72 Å². The average molecular weight is 255 g/mol. The Morgan fingerprint density at radius 1 is 1.06 bits per heavy atom. The van der Waals surface area contributed by atoms with Gasteiger partial charge in [0.25, 0.3) is 0 Å². The Kier molecular flexibility index (Phi) is 5.00. The highest BCUT2D eigenvalue weighted by Gasteiger charge is 2.09. The van der Waals surface area contributed by atoms with Crippen molar-refractivity contribution in [3.05, 3.63) is 29.8 Å². The summed E-state index contributed by atoms with van der Waals surface area (Å²) in [5.74, 6) is 0.660. The second-order valence-corrected chi connectivity index (χ2v) is 6.15. The zero-order valence-corrected chi connectivity index (χ0v) is 11.5. The molecule has 1 N–H and O–H groups in total. The Balaban J connectivity index is 2.81. The minimum absolute atomic E-state index is 0.0985. The molecule has 96 valence electrons. The lowest BCUT2D eigenvalue weighted by Crippen LogP contribution is -2.14. The second kappa shape index (κ2) is 6.05. The van der Waals surface area contributed by atoms with Crippen molar-refractivity contribution in [3.63, 3.8) is 0 Å². The Hall–Kier alpha value is -1.03. The Morgan fingerprint density at radius 3 is 2.00 bits per heavy atom. The average Bonchev–Trinajstić information content (AvgIpc) is 2.32. The van der Waals surface area contributed by atoms with E-state index in [-0.39, 0.29) is 5.75 Å². The van der Waals surface area contributed by atoms with E-state index in [1.165, 1.54) is 5.56 Å². The highest BCUT2D eigenvalue weighted by molar-refractivity contribution is 7.92. The lowest BCUT2D eigenvalue weighted by atomic mass is 9.94. The van der Waals surface area contributed by atoms with Gasteiger partial charge in [-0.25, -0.2) is 8.42 Å². The molecule has 17 heavy (non-hydrogen) atoms. The third-order valence-corrected chi connectivity index (χ3v) is 4.33. The van der Waals surface area contributed by atoms with Gasteiger partial charge in [0, 0.05) is 5.69 Å². The van der Waals surface area contributed by atoms with Gasteiger partial charge >= 0.3 is 0 Å². The van der Waals surface area contributed by atoms with Crippen molar-refractivity contribution in [2.75, 3.05) is 10.5 Å². The van der Waals surface area contributed by atoms with Crippen molar-refractivity contribution in [2.24, 2.45) is 0 Å². The van der Waals surface area contributed by atoms with Crippen LogP contribution in [0.25, 0.3) is 0 Å². The number of hydrogen-bond acceptors (Lipinski definition) is 2. The standard InChI is InChI=1S/C13H21NO2S/c1-4-11(5-2)12-7-9-13(10-8-12)14-17(15,16)6-3/h7-11,14H,4-6H2,1-3H3. The van der Waals surface area contributed by atoms with Crippen LogP contribution in [-0.2, 0) is 10.0 Å². The number of anilines is 1. The second-order valence-electron chi connectivity index (χ2n) is 4.14. The molecular formula is C13H21NO2S. The monoisotopic (exact) mass is 255 g/mol. The maximum absolute atomic E-state index is 11.4. The van der Waals surface area contributed by atoms with Crippen molar-refractivity contribution >= 4 is 15.7 Å². The van der Waals surface area contributed by atoms with Crippen LogP contribution in [0.15, 0.2) is 24.3 Å². The van der Waals surface area contributed by atoms with Gasteiger partial charge in [0.05, 0.1) is 5.75 Å². The number of nitrogens with one attached hydrogen (secondary N) is 1. The van der Waals surface area contributed by atoms with Gasteiger partial charge in [0.2, 0.25) is 10.0 Å². The van der Waals surface area contributed by atoms with E-state index in [0.717, 1.165) is 12.8 Å². The molecule has 1 aromatic carbocycles. The predicted molar refractivity (Wildman–Crippen MR) is 72.8 cm³/mol. The first-order valence-corrected chi connectivity index (χ1v) is 7.78. The van der Waals surface area contributed by atoms with Gasteiger partial charge in [-0.2, -0.15) is 0 Å².